The highest BCUT2D eigenvalue weighted by Crippen LogP contribution is 2.17. The summed E-state index contributed by atoms with van der Waals surface area (Å²) in [6.07, 6.45) is 18.9. The highest BCUT2D eigenvalue weighted by molar-refractivity contribution is 5.77. The summed E-state index contributed by atoms with van der Waals surface area (Å²) in [5.41, 5.74) is -1.22. The first kappa shape index (κ1) is 28.7. The standard InChI is InChI=1S/C27H42O6/c1-5-6-7-8-9-10-11-12-13-14-15-16-17-18-25(29)32-20-22-19-23(28)24(21-31-22)33-26(30)27(2,3)4/h10-11,19,21H,5-9,12-18,20H2,1-4H3/b11-10+. The Hall–Kier alpha value is -2.37. The van der Waals surface area contributed by atoms with Crippen LogP contribution in [0, 0.1) is 5.41 Å². The molecule has 6 heteroatoms. The van der Waals surface area contributed by atoms with E-state index < -0.39 is 16.8 Å². The lowest BCUT2D eigenvalue weighted by molar-refractivity contribution is -0.145. The van der Waals surface area contributed by atoms with Gasteiger partial charge in [0.25, 0.3) is 0 Å². The zero-order chi connectivity index (χ0) is 24.5. The predicted molar refractivity (Wildman–Crippen MR) is 130 cm³/mol. The summed E-state index contributed by atoms with van der Waals surface area (Å²) in [6, 6.07) is 1.18. The van der Waals surface area contributed by atoms with Gasteiger partial charge in [0, 0.05) is 12.5 Å². The van der Waals surface area contributed by atoms with E-state index in [0.717, 1.165) is 31.9 Å². The lowest BCUT2D eigenvalue weighted by atomic mass is 9.97. The number of rotatable bonds is 16. The van der Waals surface area contributed by atoms with Gasteiger partial charge in [0.05, 0.1) is 5.41 Å². The number of hydrogen-bond donors (Lipinski definition) is 0. The van der Waals surface area contributed by atoms with Crippen molar-refractivity contribution in [1.29, 1.82) is 0 Å². The van der Waals surface area contributed by atoms with Crippen molar-refractivity contribution in [2.75, 3.05) is 0 Å². The van der Waals surface area contributed by atoms with Crippen molar-refractivity contribution in [1.82, 2.24) is 0 Å². The van der Waals surface area contributed by atoms with Crippen molar-refractivity contribution in [3.05, 3.63) is 40.5 Å². The Kier molecular flexibility index (Phi) is 14.1. The second-order valence-electron chi connectivity index (χ2n) is 9.50. The van der Waals surface area contributed by atoms with Gasteiger partial charge in [-0.25, -0.2) is 0 Å². The molecule has 1 aromatic rings. The van der Waals surface area contributed by atoms with Crippen LogP contribution in [0.2, 0.25) is 0 Å². The van der Waals surface area contributed by atoms with Crippen molar-refractivity contribution >= 4 is 11.9 Å². The van der Waals surface area contributed by atoms with E-state index in [1.165, 1.54) is 51.0 Å². The van der Waals surface area contributed by atoms with Crippen LogP contribution in [0.4, 0.5) is 0 Å². The zero-order valence-electron chi connectivity index (χ0n) is 21.0. The molecule has 0 bridgehead atoms. The fourth-order valence-corrected chi connectivity index (χ4v) is 3.05. The van der Waals surface area contributed by atoms with Crippen LogP contribution in [-0.4, -0.2) is 11.9 Å². The normalized spacial score (nSPS) is 11.6. The van der Waals surface area contributed by atoms with Gasteiger partial charge in [-0.3, -0.25) is 14.4 Å². The summed E-state index contributed by atoms with van der Waals surface area (Å²) in [7, 11) is 0. The van der Waals surface area contributed by atoms with Crippen LogP contribution in [0.15, 0.2) is 33.7 Å². The number of carbonyl (C=O) groups is 2. The molecule has 0 radical (unpaired) electrons. The van der Waals surface area contributed by atoms with Gasteiger partial charge in [-0.05, 0) is 52.9 Å². The quantitative estimate of drug-likeness (QED) is 0.151. The second kappa shape index (κ2) is 16.3. The first-order valence-corrected chi connectivity index (χ1v) is 12.4. The van der Waals surface area contributed by atoms with Crippen molar-refractivity contribution < 1.29 is 23.5 Å². The molecule has 6 nitrogen and oxygen atoms in total. The van der Waals surface area contributed by atoms with E-state index in [2.05, 4.69) is 19.1 Å². The van der Waals surface area contributed by atoms with E-state index in [1.807, 2.05) is 0 Å². The summed E-state index contributed by atoms with van der Waals surface area (Å²) >= 11 is 0. The summed E-state index contributed by atoms with van der Waals surface area (Å²) < 4.78 is 15.5. The lowest BCUT2D eigenvalue weighted by Crippen LogP contribution is -2.27. The molecule has 0 atom stereocenters. The third-order valence-electron chi connectivity index (χ3n) is 5.19. The van der Waals surface area contributed by atoms with Crippen LogP contribution in [0.25, 0.3) is 0 Å². The molecule has 0 spiro atoms. The zero-order valence-corrected chi connectivity index (χ0v) is 21.0. The van der Waals surface area contributed by atoms with E-state index in [0.29, 0.717) is 6.42 Å². The first-order chi connectivity index (χ1) is 15.7. The molecule has 0 amide bonds. The van der Waals surface area contributed by atoms with Crippen LogP contribution < -0.4 is 10.2 Å². The molecule has 33 heavy (non-hydrogen) atoms. The van der Waals surface area contributed by atoms with E-state index in [4.69, 9.17) is 13.9 Å². The number of allylic oxidation sites excluding steroid dienone is 2. The molecular weight excluding hydrogens is 420 g/mol. The minimum atomic E-state index is -0.731. The topological polar surface area (TPSA) is 82.8 Å². The number of carbonyl (C=O) groups excluding carboxylic acids is 2. The number of ether oxygens (including phenoxy) is 2. The molecule has 0 aliphatic heterocycles. The molecule has 0 aromatic carbocycles. The van der Waals surface area contributed by atoms with Crippen LogP contribution in [0.3, 0.4) is 0 Å². The Labute approximate surface area is 198 Å². The Morgan fingerprint density at radius 1 is 0.939 bits per heavy atom. The molecule has 0 aliphatic rings. The maximum Gasteiger partial charge on any atom is 0.316 e. The number of esters is 2. The third-order valence-corrected chi connectivity index (χ3v) is 5.19. The summed E-state index contributed by atoms with van der Waals surface area (Å²) in [5, 5.41) is 0. The molecule has 0 fully saturated rings. The van der Waals surface area contributed by atoms with Gasteiger partial charge in [-0.2, -0.15) is 0 Å². The molecule has 0 saturated heterocycles. The molecular formula is C27H42O6. The van der Waals surface area contributed by atoms with E-state index >= 15 is 0 Å². The fraction of sp³-hybridized carbons (Fsp3) is 0.667. The van der Waals surface area contributed by atoms with Gasteiger partial charge in [-0.15, -0.1) is 0 Å². The average Bonchev–Trinajstić information content (AvgIpc) is 2.76. The Balaban J connectivity index is 2.13. The Bertz CT molecular complexity index is 785. The highest BCUT2D eigenvalue weighted by atomic mass is 16.6. The van der Waals surface area contributed by atoms with Gasteiger partial charge in [-0.1, -0.05) is 57.6 Å². The third kappa shape index (κ3) is 13.7. The van der Waals surface area contributed by atoms with Crippen molar-refractivity contribution in [3.8, 4) is 5.75 Å². The SMILES string of the molecule is CCCCCC/C=C/CCCCCCCC(=O)OCc1cc(=O)c(OC(=O)C(C)(C)C)co1. The van der Waals surface area contributed by atoms with Crippen molar-refractivity contribution in [2.24, 2.45) is 5.41 Å². The minimum Gasteiger partial charge on any atom is -0.462 e. The molecule has 1 aromatic heterocycles. The lowest BCUT2D eigenvalue weighted by Gasteiger charge is -2.15. The summed E-state index contributed by atoms with van der Waals surface area (Å²) in [5.74, 6) is -0.801. The first-order valence-electron chi connectivity index (χ1n) is 12.4. The van der Waals surface area contributed by atoms with Crippen molar-refractivity contribution in [2.45, 2.75) is 111 Å². The van der Waals surface area contributed by atoms with Gasteiger partial charge in [0.15, 0.2) is 0 Å². The highest BCUT2D eigenvalue weighted by Gasteiger charge is 2.25. The predicted octanol–water partition coefficient (Wildman–Crippen LogP) is 6.89. The molecule has 0 aliphatic carbocycles. The van der Waals surface area contributed by atoms with Crippen LogP contribution in [0.5, 0.6) is 5.75 Å². The fourth-order valence-electron chi connectivity index (χ4n) is 3.05. The molecule has 0 unspecified atom stereocenters. The Morgan fingerprint density at radius 2 is 1.55 bits per heavy atom. The van der Waals surface area contributed by atoms with Gasteiger partial charge in [0.2, 0.25) is 11.2 Å². The largest absolute Gasteiger partial charge is 0.462 e. The van der Waals surface area contributed by atoms with E-state index in [9.17, 15) is 14.4 Å². The maximum absolute atomic E-state index is 12.1. The maximum atomic E-state index is 12.1. The molecule has 0 N–H and O–H groups in total. The molecule has 0 saturated carbocycles. The van der Waals surface area contributed by atoms with E-state index in [1.54, 1.807) is 20.8 Å². The monoisotopic (exact) mass is 462 g/mol. The molecule has 1 rings (SSSR count). The van der Waals surface area contributed by atoms with Crippen LogP contribution >= 0.6 is 0 Å². The number of hydrogen-bond acceptors (Lipinski definition) is 6. The van der Waals surface area contributed by atoms with Gasteiger partial charge < -0.3 is 13.9 Å². The second-order valence-corrected chi connectivity index (χ2v) is 9.50. The summed E-state index contributed by atoms with van der Waals surface area (Å²) in [6.45, 7) is 7.19. The van der Waals surface area contributed by atoms with Crippen molar-refractivity contribution in [3.63, 3.8) is 0 Å². The molecule has 186 valence electrons. The average molecular weight is 463 g/mol. The Morgan fingerprint density at radius 3 is 2.15 bits per heavy atom. The minimum absolute atomic E-state index is 0.119. The van der Waals surface area contributed by atoms with Crippen LogP contribution in [-0.2, 0) is 20.9 Å². The summed E-state index contributed by atoms with van der Waals surface area (Å²) in [4.78, 5) is 35.9. The smallest absolute Gasteiger partial charge is 0.316 e. The molecule has 1 heterocycles. The number of unbranched alkanes of at least 4 members (excludes halogenated alkanes) is 9. The van der Waals surface area contributed by atoms with E-state index in [-0.39, 0.29) is 24.1 Å². The van der Waals surface area contributed by atoms with Gasteiger partial charge in [0.1, 0.15) is 18.6 Å². The van der Waals surface area contributed by atoms with Gasteiger partial charge >= 0.3 is 11.9 Å². The van der Waals surface area contributed by atoms with Crippen LogP contribution in [0.1, 0.15) is 111 Å².